The Morgan fingerprint density at radius 2 is 1.57 bits per heavy atom. The molecule has 0 atom stereocenters. The lowest BCUT2D eigenvalue weighted by Gasteiger charge is -2.08. The number of carbonyl (C=O) groups is 1. The lowest BCUT2D eigenvalue weighted by Crippen LogP contribution is -2.11. The predicted octanol–water partition coefficient (Wildman–Crippen LogP) is 4.04. The van der Waals surface area contributed by atoms with Crippen LogP contribution in [0.25, 0.3) is 11.1 Å². The second kappa shape index (κ2) is 6.75. The van der Waals surface area contributed by atoms with Gasteiger partial charge in [-0.3, -0.25) is 9.78 Å². The lowest BCUT2D eigenvalue weighted by molar-refractivity contribution is 0.102. The number of nitrogens with zero attached hydrogens (tertiary/aromatic N) is 1. The highest BCUT2D eigenvalue weighted by Crippen LogP contribution is 2.20. The van der Waals surface area contributed by atoms with E-state index in [2.05, 4.69) is 15.6 Å². The number of anilines is 2. The van der Waals surface area contributed by atoms with E-state index in [0.717, 1.165) is 22.5 Å². The van der Waals surface area contributed by atoms with Crippen LogP contribution in [0.2, 0.25) is 0 Å². The zero-order chi connectivity index (χ0) is 16.1. The molecule has 0 aliphatic carbocycles. The molecular formula is C19H17N3O. The minimum Gasteiger partial charge on any atom is -0.388 e. The Kier molecular flexibility index (Phi) is 4.34. The topological polar surface area (TPSA) is 54.0 Å². The summed E-state index contributed by atoms with van der Waals surface area (Å²) in [7, 11) is 1.86. The van der Waals surface area contributed by atoms with Gasteiger partial charge in [-0.05, 0) is 59.7 Å². The first-order chi connectivity index (χ1) is 11.3. The van der Waals surface area contributed by atoms with Crippen molar-refractivity contribution < 1.29 is 4.79 Å². The van der Waals surface area contributed by atoms with Crippen molar-refractivity contribution in [2.24, 2.45) is 0 Å². The van der Waals surface area contributed by atoms with Gasteiger partial charge in [0.1, 0.15) is 0 Å². The first kappa shape index (κ1) is 14.8. The van der Waals surface area contributed by atoms with Gasteiger partial charge in [-0.2, -0.15) is 0 Å². The van der Waals surface area contributed by atoms with Crippen LogP contribution < -0.4 is 10.6 Å². The molecule has 0 saturated heterocycles. The summed E-state index contributed by atoms with van der Waals surface area (Å²) >= 11 is 0. The normalized spacial score (nSPS) is 10.1. The Hall–Kier alpha value is -3.14. The molecule has 2 N–H and O–H groups in total. The second-order valence-corrected chi connectivity index (χ2v) is 5.10. The fraction of sp³-hybridized carbons (Fsp3) is 0.0526. The summed E-state index contributed by atoms with van der Waals surface area (Å²) in [5, 5.41) is 5.96. The monoisotopic (exact) mass is 303 g/mol. The largest absolute Gasteiger partial charge is 0.388 e. The van der Waals surface area contributed by atoms with Crippen LogP contribution in [0.1, 0.15) is 10.4 Å². The third kappa shape index (κ3) is 3.55. The van der Waals surface area contributed by atoms with Gasteiger partial charge in [-0.25, -0.2) is 0 Å². The Morgan fingerprint density at radius 3 is 2.26 bits per heavy atom. The summed E-state index contributed by atoms with van der Waals surface area (Å²) in [5.41, 5.74) is 4.42. The molecule has 23 heavy (non-hydrogen) atoms. The Bertz CT molecular complexity index is 798. The number of hydrogen-bond donors (Lipinski definition) is 2. The third-order valence-electron chi connectivity index (χ3n) is 3.57. The van der Waals surface area contributed by atoms with Gasteiger partial charge in [0.15, 0.2) is 0 Å². The van der Waals surface area contributed by atoms with Crippen molar-refractivity contribution in [2.45, 2.75) is 0 Å². The van der Waals surface area contributed by atoms with Gasteiger partial charge in [0, 0.05) is 36.4 Å². The highest BCUT2D eigenvalue weighted by atomic mass is 16.1. The molecule has 1 aromatic heterocycles. The molecule has 1 amide bonds. The minimum absolute atomic E-state index is 0.127. The molecule has 0 fully saturated rings. The van der Waals surface area contributed by atoms with Crippen LogP contribution in [0, 0.1) is 0 Å². The number of amides is 1. The van der Waals surface area contributed by atoms with Crippen LogP contribution in [0.15, 0.2) is 73.1 Å². The van der Waals surface area contributed by atoms with Crippen LogP contribution in [0.5, 0.6) is 0 Å². The Labute approximate surface area is 135 Å². The molecule has 2 aromatic carbocycles. The van der Waals surface area contributed by atoms with Gasteiger partial charge in [-0.15, -0.1) is 0 Å². The molecule has 0 spiro atoms. The number of benzene rings is 2. The molecular weight excluding hydrogens is 286 g/mol. The maximum Gasteiger partial charge on any atom is 0.255 e. The second-order valence-electron chi connectivity index (χ2n) is 5.10. The zero-order valence-corrected chi connectivity index (χ0v) is 12.8. The molecule has 0 aliphatic rings. The third-order valence-corrected chi connectivity index (χ3v) is 3.57. The van der Waals surface area contributed by atoms with Crippen LogP contribution >= 0.6 is 0 Å². The summed E-state index contributed by atoms with van der Waals surface area (Å²) < 4.78 is 0. The fourth-order valence-electron chi connectivity index (χ4n) is 2.31. The first-order valence-electron chi connectivity index (χ1n) is 7.36. The molecule has 4 heteroatoms. The fourth-order valence-corrected chi connectivity index (χ4v) is 2.31. The van der Waals surface area contributed by atoms with Gasteiger partial charge >= 0.3 is 0 Å². The van der Waals surface area contributed by atoms with Crippen molar-refractivity contribution in [2.75, 3.05) is 17.7 Å². The summed E-state index contributed by atoms with van der Waals surface area (Å²) in [6.45, 7) is 0. The highest BCUT2D eigenvalue weighted by Gasteiger charge is 2.07. The maximum absolute atomic E-state index is 12.4. The number of nitrogens with one attached hydrogen (secondary N) is 2. The minimum atomic E-state index is -0.127. The van der Waals surface area contributed by atoms with Crippen molar-refractivity contribution in [1.82, 2.24) is 4.98 Å². The summed E-state index contributed by atoms with van der Waals surface area (Å²) in [5.74, 6) is -0.127. The van der Waals surface area contributed by atoms with E-state index in [1.165, 1.54) is 0 Å². The number of hydrogen-bond acceptors (Lipinski definition) is 3. The van der Waals surface area contributed by atoms with Crippen molar-refractivity contribution in [3.63, 3.8) is 0 Å². The SMILES string of the molecule is CNc1ccc(NC(=O)c2cccc(-c3ccncc3)c2)cc1. The molecule has 4 nitrogen and oxygen atoms in total. The van der Waals surface area contributed by atoms with E-state index >= 15 is 0 Å². The predicted molar refractivity (Wildman–Crippen MR) is 93.6 cm³/mol. The highest BCUT2D eigenvalue weighted by molar-refractivity contribution is 6.05. The maximum atomic E-state index is 12.4. The quantitative estimate of drug-likeness (QED) is 0.764. The number of aromatic nitrogens is 1. The van der Waals surface area contributed by atoms with E-state index in [0.29, 0.717) is 5.56 Å². The van der Waals surface area contributed by atoms with E-state index in [1.54, 1.807) is 12.4 Å². The van der Waals surface area contributed by atoms with Crippen molar-refractivity contribution in [3.8, 4) is 11.1 Å². The lowest BCUT2D eigenvalue weighted by atomic mass is 10.0. The zero-order valence-electron chi connectivity index (χ0n) is 12.8. The number of pyridine rings is 1. The molecule has 0 radical (unpaired) electrons. The summed E-state index contributed by atoms with van der Waals surface area (Å²) in [4.78, 5) is 16.4. The van der Waals surface area contributed by atoms with Crippen LogP contribution in [-0.2, 0) is 0 Å². The molecule has 3 rings (SSSR count). The first-order valence-corrected chi connectivity index (χ1v) is 7.36. The van der Waals surface area contributed by atoms with E-state index in [9.17, 15) is 4.79 Å². The summed E-state index contributed by atoms with van der Waals surface area (Å²) in [6.07, 6.45) is 3.48. The van der Waals surface area contributed by atoms with Gasteiger partial charge in [0.25, 0.3) is 5.91 Å². The van der Waals surface area contributed by atoms with Crippen molar-refractivity contribution in [3.05, 3.63) is 78.6 Å². The standard InChI is InChI=1S/C19H17N3O/c1-20-17-5-7-18(8-6-17)22-19(23)16-4-2-3-15(13-16)14-9-11-21-12-10-14/h2-13,20H,1H3,(H,22,23). The molecule has 0 aliphatic heterocycles. The summed E-state index contributed by atoms with van der Waals surface area (Å²) in [6, 6.07) is 19.0. The van der Waals surface area contributed by atoms with Gasteiger partial charge < -0.3 is 10.6 Å². The van der Waals surface area contributed by atoms with E-state index in [1.807, 2.05) is 67.7 Å². The van der Waals surface area contributed by atoms with E-state index in [-0.39, 0.29) is 5.91 Å². The van der Waals surface area contributed by atoms with Gasteiger partial charge in [0.2, 0.25) is 0 Å². The number of rotatable bonds is 4. The van der Waals surface area contributed by atoms with E-state index < -0.39 is 0 Å². The Balaban J connectivity index is 1.79. The van der Waals surface area contributed by atoms with E-state index in [4.69, 9.17) is 0 Å². The van der Waals surface area contributed by atoms with Crippen molar-refractivity contribution >= 4 is 17.3 Å². The average molecular weight is 303 g/mol. The number of carbonyl (C=O) groups excluding carboxylic acids is 1. The molecule has 0 unspecified atom stereocenters. The van der Waals surface area contributed by atoms with Crippen LogP contribution in [-0.4, -0.2) is 17.9 Å². The van der Waals surface area contributed by atoms with Gasteiger partial charge in [0.05, 0.1) is 0 Å². The molecule has 3 aromatic rings. The smallest absolute Gasteiger partial charge is 0.255 e. The van der Waals surface area contributed by atoms with Crippen LogP contribution in [0.3, 0.4) is 0 Å². The molecule has 0 bridgehead atoms. The molecule has 0 saturated carbocycles. The van der Waals surface area contributed by atoms with Crippen LogP contribution in [0.4, 0.5) is 11.4 Å². The Morgan fingerprint density at radius 1 is 0.870 bits per heavy atom. The van der Waals surface area contributed by atoms with Crippen molar-refractivity contribution in [1.29, 1.82) is 0 Å². The average Bonchev–Trinajstić information content (AvgIpc) is 2.63. The molecule has 1 heterocycles. The molecule has 114 valence electrons. The van der Waals surface area contributed by atoms with Gasteiger partial charge in [-0.1, -0.05) is 12.1 Å².